The van der Waals surface area contributed by atoms with E-state index in [9.17, 15) is 13.6 Å². The van der Waals surface area contributed by atoms with E-state index < -0.39 is 5.92 Å². The Morgan fingerprint density at radius 2 is 2.09 bits per heavy atom. The molecule has 8 heteroatoms. The summed E-state index contributed by atoms with van der Waals surface area (Å²) in [5.41, 5.74) is 0. The highest BCUT2D eigenvalue weighted by Crippen LogP contribution is 2.29. The Morgan fingerprint density at radius 1 is 1.35 bits per heavy atom. The zero-order chi connectivity index (χ0) is 16.4. The quantitative estimate of drug-likeness (QED) is 0.839. The SMILES string of the molecule is Cn1cnnc1CN1CCCC(C(=O)N2CCC(F)(F)CC2)C1. The van der Waals surface area contributed by atoms with Gasteiger partial charge in [-0.2, -0.15) is 0 Å². The fourth-order valence-electron chi connectivity index (χ4n) is 3.36. The molecule has 0 bridgehead atoms. The monoisotopic (exact) mass is 327 g/mol. The number of hydrogen-bond donors (Lipinski definition) is 0. The smallest absolute Gasteiger partial charge is 0.251 e. The van der Waals surface area contributed by atoms with Gasteiger partial charge in [0, 0.05) is 39.5 Å². The third-order valence-corrected chi connectivity index (χ3v) is 4.83. The molecule has 3 rings (SSSR count). The van der Waals surface area contributed by atoms with E-state index in [1.165, 1.54) is 0 Å². The van der Waals surface area contributed by atoms with Gasteiger partial charge < -0.3 is 9.47 Å². The van der Waals surface area contributed by atoms with Gasteiger partial charge in [0.05, 0.1) is 12.5 Å². The maximum absolute atomic E-state index is 13.2. The van der Waals surface area contributed by atoms with E-state index in [0.29, 0.717) is 13.1 Å². The molecule has 2 fully saturated rings. The van der Waals surface area contributed by atoms with Gasteiger partial charge in [0.1, 0.15) is 12.2 Å². The Kier molecular flexibility index (Phi) is 4.61. The van der Waals surface area contributed by atoms with Crippen LogP contribution in [0, 0.1) is 5.92 Å². The first kappa shape index (κ1) is 16.3. The van der Waals surface area contributed by atoms with Crippen molar-refractivity contribution in [2.45, 2.75) is 38.2 Å². The van der Waals surface area contributed by atoms with Gasteiger partial charge >= 0.3 is 0 Å². The second-order valence-electron chi connectivity index (χ2n) is 6.61. The number of amides is 1. The zero-order valence-electron chi connectivity index (χ0n) is 13.4. The van der Waals surface area contributed by atoms with E-state index in [1.54, 1.807) is 11.2 Å². The Balaban J connectivity index is 1.56. The predicted octanol–water partition coefficient (Wildman–Crippen LogP) is 1.28. The van der Waals surface area contributed by atoms with Gasteiger partial charge in [-0.1, -0.05) is 0 Å². The lowest BCUT2D eigenvalue weighted by Gasteiger charge is -2.37. The largest absolute Gasteiger partial charge is 0.342 e. The van der Waals surface area contributed by atoms with Crippen LogP contribution in [0.3, 0.4) is 0 Å². The fourth-order valence-corrected chi connectivity index (χ4v) is 3.36. The van der Waals surface area contributed by atoms with Crippen molar-refractivity contribution in [3.05, 3.63) is 12.2 Å². The third-order valence-electron chi connectivity index (χ3n) is 4.83. The molecular weight excluding hydrogens is 304 g/mol. The number of carbonyl (C=O) groups is 1. The second-order valence-corrected chi connectivity index (χ2v) is 6.61. The van der Waals surface area contributed by atoms with Crippen molar-refractivity contribution in [3.63, 3.8) is 0 Å². The molecule has 2 aliphatic rings. The highest BCUT2D eigenvalue weighted by molar-refractivity contribution is 5.79. The van der Waals surface area contributed by atoms with E-state index in [2.05, 4.69) is 15.1 Å². The van der Waals surface area contributed by atoms with E-state index in [4.69, 9.17) is 0 Å². The molecule has 1 amide bonds. The fraction of sp³-hybridized carbons (Fsp3) is 0.800. The Labute approximate surface area is 134 Å². The number of aromatic nitrogens is 3. The number of piperidine rings is 2. The van der Waals surface area contributed by atoms with Crippen LogP contribution < -0.4 is 0 Å². The topological polar surface area (TPSA) is 54.3 Å². The minimum Gasteiger partial charge on any atom is -0.342 e. The van der Waals surface area contributed by atoms with E-state index >= 15 is 0 Å². The summed E-state index contributed by atoms with van der Waals surface area (Å²) in [5, 5.41) is 7.95. The number of alkyl halides is 2. The molecule has 1 atom stereocenters. The number of aryl methyl sites for hydroxylation is 1. The number of rotatable bonds is 3. The number of hydrogen-bond acceptors (Lipinski definition) is 4. The number of likely N-dealkylation sites (tertiary alicyclic amines) is 2. The highest BCUT2D eigenvalue weighted by atomic mass is 19.3. The molecule has 2 saturated heterocycles. The van der Waals surface area contributed by atoms with Crippen molar-refractivity contribution in [1.82, 2.24) is 24.6 Å². The molecule has 0 radical (unpaired) electrons. The maximum atomic E-state index is 13.2. The molecule has 0 saturated carbocycles. The summed E-state index contributed by atoms with van der Waals surface area (Å²) >= 11 is 0. The first-order chi connectivity index (χ1) is 10.9. The van der Waals surface area contributed by atoms with E-state index in [0.717, 1.165) is 25.2 Å². The third kappa shape index (κ3) is 3.85. The number of nitrogens with zero attached hydrogens (tertiary/aromatic N) is 5. The molecule has 0 aromatic carbocycles. The van der Waals surface area contributed by atoms with E-state index in [-0.39, 0.29) is 37.8 Å². The molecule has 0 N–H and O–H groups in total. The Bertz CT molecular complexity index is 552. The van der Waals surface area contributed by atoms with Crippen molar-refractivity contribution in [1.29, 1.82) is 0 Å². The van der Waals surface area contributed by atoms with Gasteiger partial charge in [-0.3, -0.25) is 9.69 Å². The van der Waals surface area contributed by atoms with Crippen molar-refractivity contribution < 1.29 is 13.6 Å². The summed E-state index contributed by atoms with van der Waals surface area (Å²) in [6, 6.07) is 0. The number of carbonyl (C=O) groups excluding carboxylic acids is 1. The molecule has 1 unspecified atom stereocenters. The lowest BCUT2D eigenvalue weighted by Crippen LogP contribution is -2.49. The molecule has 2 aliphatic heterocycles. The van der Waals surface area contributed by atoms with Crippen LogP contribution in [-0.2, 0) is 18.4 Å². The van der Waals surface area contributed by atoms with Crippen molar-refractivity contribution in [3.8, 4) is 0 Å². The molecule has 1 aromatic rings. The summed E-state index contributed by atoms with van der Waals surface area (Å²) in [6.45, 7) is 2.60. The summed E-state index contributed by atoms with van der Waals surface area (Å²) in [7, 11) is 1.90. The van der Waals surface area contributed by atoms with Crippen LogP contribution in [0.25, 0.3) is 0 Å². The minimum absolute atomic E-state index is 0.0307. The summed E-state index contributed by atoms with van der Waals surface area (Å²) in [4.78, 5) is 16.4. The van der Waals surface area contributed by atoms with Crippen molar-refractivity contribution in [2.24, 2.45) is 13.0 Å². The first-order valence-electron chi connectivity index (χ1n) is 8.16. The molecular formula is C15H23F2N5O. The van der Waals surface area contributed by atoms with Crippen LogP contribution in [-0.4, -0.2) is 62.6 Å². The van der Waals surface area contributed by atoms with Crippen LogP contribution in [0.2, 0.25) is 0 Å². The Morgan fingerprint density at radius 3 is 2.74 bits per heavy atom. The van der Waals surface area contributed by atoms with Gasteiger partial charge in [0.25, 0.3) is 5.92 Å². The van der Waals surface area contributed by atoms with Crippen LogP contribution in [0.15, 0.2) is 6.33 Å². The molecule has 3 heterocycles. The number of halogens is 2. The van der Waals surface area contributed by atoms with Gasteiger partial charge in [-0.15, -0.1) is 10.2 Å². The highest BCUT2D eigenvalue weighted by Gasteiger charge is 2.38. The van der Waals surface area contributed by atoms with Crippen LogP contribution in [0.1, 0.15) is 31.5 Å². The second kappa shape index (κ2) is 6.51. The molecule has 0 spiro atoms. The summed E-state index contributed by atoms with van der Waals surface area (Å²) in [5.74, 6) is -1.80. The first-order valence-corrected chi connectivity index (χ1v) is 8.16. The summed E-state index contributed by atoms with van der Waals surface area (Å²) in [6.07, 6.45) is 3.01. The van der Waals surface area contributed by atoms with Gasteiger partial charge in [0.15, 0.2) is 0 Å². The maximum Gasteiger partial charge on any atom is 0.251 e. The van der Waals surface area contributed by atoms with Gasteiger partial charge in [-0.25, -0.2) is 8.78 Å². The van der Waals surface area contributed by atoms with Crippen LogP contribution in [0.5, 0.6) is 0 Å². The predicted molar refractivity (Wildman–Crippen MR) is 79.8 cm³/mol. The summed E-state index contributed by atoms with van der Waals surface area (Å²) < 4.78 is 28.3. The molecule has 23 heavy (non-hydrogen) atoms. The molecule has 128 valence electrons. The van der Waals surface area contributed by atoms with Crippen molar-refractivity contribution in [2.75, 3.05) is 26.2 Å². The molecule has 0 aliphatic carbocycles. The Hall–Kier alpha value is -1.57. The van der Waals surface area contributed by atoms with Crippen LogP contribution in [0.4, 0.5) is 8.78 Å². The van der Waals surface area contributed by atoms with Crippen LogP contribution >= 0.6 is 0 Å². The standard InChI is InChI=1S/C15H23F2N5O/c1-20-11-18-19-13(20)10-21-6-2-3-12(9-21)14(23)22-7-4-15(16,17)5-8-22/h11-12H,2-10H2,1H3. The normalized spacial score (nSPS) is 25.5. The lowest BCUT2D eigenvalue weighted by molar-refractivity contribution is -0.143. The minimum atomic E-state index is -2.61. The molecule has 6 nitrogen and oxygen atoms in total. The molecule has 1 aromatic heterocycles. The van der Waals surface area contributed by atoms with Crippen molar-refractivity contribution >= 4 is 5.91 Å². The van der Waals surface area contributed by atoms with Gasteiger partial charge in [-0.05, 0) is 19.4 Å². The van der Waals surface area contributed by atoms with Gasteiger partial charge in [0.2, 0.25) is 5.91 Å². The zero-order valence-corrected chi connectivity index (χ0v) is 13.4. The lowest BCUT2D eigenvalue weighted by atomic mass is 9.95. The average molecular weight is 327 g/mol. The van der Waals surface area contributed by atoms with E-state index in [1.807, 2.05) is 11.6 Å². The average Bonchev–Trinajstić information content (AvgIpc) is 2.92.